The van der Waals surface area contributed by atoms with Crippen molar-refractivity contribution in [2.75, 3.05) is 5.75 Å². The number of aromatic nitrogens is 4. The van der Waals surface area contributed by atoms with Crippen molar-refractivity contribution in [3.63, 3.8) is 0 Å². The van der Waals surface area contributed by atoms with Gasteiger partial charge in [-0.1, -0.05) is 70.2 Å². The Labute approximate surface area is 159 Å². The molecule has 0 atom stereocenters. The predicted molar refractivity (Wildman–Crippen MR) is 102 cm³/mol. The third kappa shape index (κ3) is 5.24. The number of Topliss-reactive ketones (excluding diaryl/α,β-unsaturated/α-hetero) is 1. The van der Waals surface area contributed by atoms with Gasteiger partial charge in [0.1, 0.15) is 0 Å². The van der Waals surface area contributed by atoms with Crippen molar-refractivity contribution < 1.29 is 4.79 Å². The monoisotopic (exact) mass is 416 g/mol. The van der Waals surface area contributed by atoms with Gasteiger partial charge >= 0.3 is 0 Å². The number of carbonyl (C=O) groups excluding carboxylic acids is 1. The maximum atomic E-state index is 12.2. The second kappa shape index (κ2) is 8.92. The second-order valence-corrected chi connectivity index (χ2v) is 7.46. The van der Waals surface area contributed by atoms with Crippen molar-refractivity contribution >= 4 is 33.5 Å². The molecule has 0 bridgehead atoms. The van der Waals surface area contributed by atoms with Crippen LogP contribution in [0, 0.1) is 0 Å². The molecule has 0 aliphatic heterocycles. The largest absolute Gasteiger partial charge is 0.294 e. The van der Waals surface area contributed by atoms with Crippen LogP contribution in [0.4, 0.5) is 0 Å². The second-order valence-electron chi connectivity index (χ2n) is 5.49. The number of rotatable bonds is 8. The van der Waals surface area contributed by atoms with E-state index in [1.165, 1.54) is 0 Å². The fraction of sp³-hybridized carbons (Fsp3) is 0.222. The average Bonchev–Trinajstić information content (AvgIpc) is 3.07. The molecule has 2 aromatic carbocycles. The molecule has 0 aliphatic carbocycles. The van der Waals surface area contributed by atoms with Gasteiger partial charge in [0.05, 0.1) is 6.54 Å². The van der Waals surface area contributed by atoms with E-state index in [9.17, 15) is 4.79 Å². The van der Waals surface area contributed by atoms with E-state index < -0.39 is 0 Å². The van der Waals surface area contributed by atoms with Gasteiger partial charge in [0.15, 0.2) is 5.78 Å². The van der Waals surface area contributed by atoms with E-state index in [1.807, 2.05) is 54.6 Å². The third-order valence-electron chi connectivity index (χ3n) is 3.62. The van der Waals surface area contributed by atoms with Crippen LogP contribution in [0.2, 0.25) is 0 Å². The molecule has 1 aromatic heterocycles. The maximum absolute atomic E-state index is 12.2. The van der Waals surface area contributed by atoms with E-state index in [-0.39, 0.29) is 5.78 Å². The summed E-state index contributed by atoms with van der Waals surface area (Å²) in [6, 6.07) is 17.6. The Morgan fingerprint density at radius 1 is 1.08 bits per heavy atom. The molecule has 0 spiro atoms. The highest BCUT2D eigenvalue weighted by Gasteiger charge is 2.09. The number of hydrogen-bond donors (Lipinski definition) is 0. The number of nitrogens with zero attached hydrogens (tertiary/aromatic N) is 4. The molecule has 25 heavy (non-hydrogen) atoms. The summed E-state index contributed by atoms with van der Waals surface area (Å²) in [5.74, 6) is 0.967. The zero-order chi connectivity index (χ0) is 17.5. The van der Waals surface area contributed by atoms with E-state index in [4.69, 9.17) is 0 Å². The van der Waals surface area contributed by atoms with Gasteiger partial charge in [-0.05, 0) is 34.5 Å². The lowest BCUT2D eigenvalue weighted by Gasteiger charge is -2.04. The van der Waals surface area contributed by atoms with Crippen LogP contribution in [0.15, 0.2) is 64.2 Å². The first-order chi connectivity index (χ1) is 12.2. The van der Waals surface area contributed by atoms with Crippen molar-refractivity contribution in [2.45, 2.75) is 24.5 Å². The zero-order valence-electron chi connectivity index (χ0n) is 13.5. The molecular formula is C18H17BrN4OS. The van der Waals surface area contributed by atoms with Gasteiger partial charge in [-0.15, -0.1) is 5.10 Å². The summed E-state index contributed by atoms with van der Waals surface area (Å²) in [6.07, 6.45) is 1.31. The lowest BCUT2D eigenvalue weighted by Crippen LogP contribution is -2.04. The number of benzene rings is 2. The fourth-order valence-corrected chi connectivity index (χ4v) is 3.41. The molecule has 0 N–H and O–H groups in total. The van der Waals surface area contributed by atoms with Crippen LogP contribution in [0.5, 0.6) is 0 Å². The Kier molecular flexibility index (Phi) is 6.36. The van der Waals surface area contributed by atoms with Crippen LogP contribution in [0.25, 0.3) is 0 Å². The number of hydrogen-bond acceptors (Lipinski definition) is 5. The SMILES string of the molecule is O=C(CCCSc1nnnn1Cc1ccccc1)c1ccc(Br)cc1. The summed E-state index contributed by atoms with van der Waals surface area (Å²) >= 11 is 4.95. The molecule has 7 heteroatoms. The summed E-state index contributed by atoms with van der Waals surface area (Å²) in [5.41, 5.74) is 1.91. The molecule has 0 radical (unpaired) electrons. The van der Waals surface area contributed by atoms with Gasteiger partial charge in [0, 0.05) is 22.2 Å². The van der Waals surface area contributed by atoms with Gasteiger partial charge in [-0.25, -0.2) is 4.68 Å². The quantitative estimate of drug-likeness (QED) is 0.312. The van der Waals surface area contributed by atoms with Crippen molar-refractivity contribution in [3.05, 3.63) is 70.2 Å². The van der Waals surface area contributed by atoms with Gasteiger partial charge < -0.3 is 0 Å². The van der Waals surface area contributed by atoms with Gasteiger partial charge in [-0.3, -0.25) is 4.79 Å². The highest BCUT2D eigenvalue weighted by Crippen LogP contribution is 2.18. The highest BCUT2D eigenvalue weighted by atomic mass is 79.9. The maximum Gasteiger partial charge on any atom is 0.209 e. The smallest absolute Gasteiger partial charge is 0.209 e. The highest BCUT2D eigenvalue weighted by molar-refractivity contribution is 9.10. The molecule has 1 heterocycles. The molecular weight excluding hydrogens is 400 g/mol. The van der Waals surface area contributed by atoms with Crippen LogP contribution in [0.1, 0.15) is 28.8 Å². The van der Waals surface area contributed by atoms with E-state index in [0.717, 1.165) is 32.9 Å². The van der Waals surface area contributed by atoms with Crippen molar-refractivity contribution in [1.82, 2.24) is 20.2 Å². The first-order valence-corrected chi connectivity index (χ1v) is 9.72. The standard InChI is InChI=1S/C18H17BrN4OS/c19-16-10-8-15(9-11-16)17(24)7-4-12-25-18-20-21-22-23(18)13-14-5-2-1-3-6-14/h1-3,5-6,8-11H,4,7,12-13H2. The number of carbonyl (C=O) groups is 1. The molecule has 0 aliphatic rings. The zero-order valence-corrected chi connectivity index (χ0v) is 15.9. The number of halogens is 1. The minimum absolute atomic E-state index is 0.164. The molecule has 5 nitrogen and oxygen atoms in total. The normalized spacial score (nSPS) is 10.8. The van der Waals surface area contributed by atoms with E-state index in [1.54, 1.807) is 16.4 Å². The van der Waals surface area contributed by atoms with E-state index >= 15 is 0 Å². The molecule has 0 fully saturated rings. The van der Waals surface area contributed by atoms with Crippen LogP contribution in [-0.4, -0.2) is 31.7 Å². The van der Waals surface area contributed by atoms with Crippen molar-refractivity contribution in [3.8, 4) is 0 Å². The summed E-state index contributed by atoms with van der Waals surface area (Å²) in [5, 5.41) is 12.7. The average molecular weight is 417 g/mol. The molecule has 0 saturated heterocycles. The predicted octanol–water partition coefficient (Wildman–Crippen LogP) is 4.24. The lowest BCUT2D eigenvalue weighted by atomic mass is 10.1. The minimum Gasteiger partial charge on any atom is -0.294 e. The summed E-state index contributed by atoms with van der Waals surface area (Å²) in [6.45, 7) is 0.647. The summed E-state index contributed by atoms with van der Waals surface area (Å²) in [7, 11) is 0. The Balaban J connectivity index is 1.47. The molecule has 3 rings (SSSR count). The Morgan fingerprint density at radius 3 is 2.60 bits per heavy atom. The Hall–Kier alpha value is -1.99. The van der Waals surface area contributed by atoms with Crippen LogP contribution in [-0.2, 0) is 6.54 Å². The minimum atomic E-state index is 0.164. The molecule has 3 aromatic rings. The van der Waals surface area contributed by atoms with E-state index in [2.05, 4.69) is 31.5 Å². The first kappa shape index (κ1) is 17.8. The Bertz CT molecular complexity index is 821. The number of thioether (sulfide) groups is 1. The topological polar surface area (TPSA) is 60.7 Å². The first-order valence-electron chi connectivity index (χ1n) is 7.94. The van der Waals surface area contributed by atoms with Crippen LogP contribution >= 0.6 is 27.7 Å². The van der Waals surface area contributed by atoms with Crippen molar-refractivity contribution in [2.24, 2.45) is 0 Å². The van der Waals surface area contributed by atoms with Crippen molar-refractivity contribution in [1.29, 1.82) is 0 Å². The van der Waals surface area contributed by atoms with Gasteiger partial charge in [0.2, 0.25) is 5.16 Å². The Morgan fingerprint density at radius 2 is 1.84 bits per heavy atom. The molecule has 128 valence electrons. The summed E-state index contributed by atoms with van der Waals surface area (Å²) in [4.78, 5) is 12.2. The fourth-order valence-electron chi connectivity index (χ4n) is 2.33. The lowest BCUT2D eigenvalue weighted by molar-refractivity contribution is 0.0982. The van der Waals surface area contributed by atoms with Gasteiger partial charge in [0.25, 0.3) is 0 Å². The molecule has 0 amide bonds. The number of tetrazole rings is 1. The van der Waals surface area contributed by atoms with E-state index in [0.29, 0.717) is 13.0 Å². The number of ketones is 1. The molecule has 0 unspecified atom stereocenters. The molecule has 0 saturated carbocycles. The van der Waals surface area contributed by atoms with Crippen LogP contribution < -0.4 is 0 Å². The van der Waals surface area contributed by atoms with Gasteiger partial charge in [-0.2, -0.15) is 0 Å². The third-order valence-corrected chi connectivity index (χ3v) is 5.19. The van der Waals surface area contributed by atoms with Crippen LogP contribution in [0.3, 0.4) is 0 Å². The summed E-state index contributed by atoms with van der Waals surface area (Å²) < 4.78 is 2.76.